The fourth-order valence-electron chi connectivity index (χ4n) is 3.33. The lowest BCUT2D eigenvalue weighted by Gasteiger charge is -2.25. The molecule has 0 bridgehead atoms. The van der Waals surface area contributed by atoms with Crippen LogP contribution in [0.2, 0.25) is 0 Å². The fourth-order valence-corrected chi connectivity index (χ4v) is 3.33. The van der Waals surface area contributed by atoms with Crippen LogP contribution in [0.1, 0.15) is 50.3 Å². The molecule has 3 N–H and O–H groups in total. The zero-order chi connectivity index (χ0) is 14.5. The summed E-state index contributed by atoms with van der Waals surface area (Å²) in [7, 11) is 0. The van der Waals surface area contributed by atoms with Gasteiger partial charge in [-0.05, 0) is 30.9 Å². The van der Waals surface area contributed by atoms with E-state index in [0.717, 1.165) is 11.4 Å². The quantitative estimate of drug-likeness (QED) is 0.515. The predicted molar refractivity (Wildman–Crippen MR) is 82.6 cm³/mol. The number of hydrogen-bond donors (Lipinski definition) is 2. The van der Waals surface area contributed by atoms with E-state index in [1.165, 1.54) is 38.5 Å². The van der Waals surface area contributed by atoms with Crippen LogP contribution in [0.5, 0.6) is 0 Å². The first-order valence-electron chi connectivity index (χ1n) is 7.82. The van der Waals surface area contributed by atoms with E-state index in [1.807, 2.05) is 41.2 Å². The lowest BCUT2D eigenvalue weighted by Crippen LogP contribution is -2.35. The van der Waals surface area contributed by atoms with Crippen molar-refractivity contribution in [1.29, 1.82) is 0 Å². The number of nitrogens with one attached hydrogen (secondary N) is 1. The van der Waals surface area contributed by atoms with Gasteiger partial charge in [0.05, 0.1) is 23.6 Å². The first-order chi connectivity index (χ1) is 10.4. The number of hydrogen-bond acceptors (Lipinski definition) is 4. The summed E-state index contributed by atoms with van der Waals surface area (Å²) in [6.45, 7) is 0. The number of benzene rings is 1. The van der Waals surface area contributed by atoms with Crippen molar-refractivity contribution in [2.45, 2.75) is 44.6 Å². The van der Waals surface area contributed by atoms with Crippen molar-refractivity contribution >= 4 is 0 Å². The average molecular weight is 285 g/mol. The third kappa shape index (κ3) is 3.14. The number of nitrogens with zero attached hydrogens (tertiary/aromatic N) is 3. The number of rotatable bonds is 4. The molecule has 1 unspecified atom stereocenters. The molecule has 1 saturated carbocycles. The molecule has 0 saturated heterocycles. The number of nitrogens with two attached hydrogens (primary N) is 1. The molecule has 0 amide bonds. The zero-order valence-electron chi connectivity index (χ0n) is 12.3. The summed E-state index contributed by atoms with van der Waals surface area (Å²) in [4.78, 5) is 0. The van der Waals surface area contributed by atoms with Gasteiger partial charge in [0, 0.05) is 0 Å². The molecular formula is C16H23N5. The molecule has 1 aromatic carbocycles. The van der Waals surface area contributed by atoms with Crippen molar-refractivity contribution in [3.8, 4) is 5.69 Å². The topological polar surface area (TPSA) is 68.8 Å². The standard InChI is InChI=1S/C16H23N5/c17-19-16(13-8-4-1-2-5-9-13)15-12-18-20-21(15)14-10-6-3-7-11-14/h3,6-7,10-13,16,19H,1-2,4-5,8-9,17H2. The van der Waals surface area contributed by atoms with Crippen molar-refractivity contribution in [3.05, 3.63) is 42.2 Å². The summed E-state index contributed by atoms with van der Waals surface area (Å²) in [5.41, 5.74) is 5.09. The molecule has 5 heteroatoms. The summed E-state index contributed by atoms with van der Waals surface area (Å²) in [6.07, 6.45) is 9.52. The Morgan fingerprint density at radius 3 is 2.48 bits per heavy atom. The maximum absolute atomic E-state index is 5.87. The van der Waals surface area contributed by atoms with Crippen molar-refractivity contribution in [2.24, 2.45) is 11.8 Å². The van der Waals surface area contributed by atoms with Crippen LogP contribution in [-0.2, 0) is 0 Å². The average Bonchev–Trinajstić information content (AvgIpc) is 2.85. The van der Waals surface area contributed by atoms with Crippen LogP contribution >= 0.6 is 0 Å². The molecular weight excluding hydrogens is 262 g/mol. The summed E-state index contributed by atoms with van der Waals surface area (Å²) in [6, 6.07) is 10.2. The Morgan fingerprint density at radius 1 is 1.10 bits per heavy atom. The molecule has 1 atom stereocenters. The normalized spacial score (nSPS) is 18.3. The van der Waals surface area contributed by atoms with E-state index in [9.17, 15) is 0 Å². The van der Waals surface area contributed by atoms with Gasteiger partial charge in [0.2, 0.25) is 0 Å². The first-order valence-corrected chi connectivity index (χ1v) is 7.82. The Morgan fingerprint density at radius 2 is 1.81 bits per heavy atom. The monoisotopic (exact) mass is 285 g/mol. The lowest BCUT2D eigenvalue weighted by molar-refractivity contribution is 0.319. The molecule has 1 aliphatic rings. The molecule has 1 fully saturated rings. The van der Waals surface area contributed by atoms with Crippen molar-refractivity contribution in [2.75, 3.05) is 0 Å². The maximum Gasteiger partial charge on any atom is 0.0831 e. The van der Waals surface area contributed by atoms with E-state index in [-0.39, 0.29) is 6.04 Å². The van der Waals surface area contributed by atoms with E-state index in [4.69, 9.17) is 5.84 Å². The van der Waals surface area contributed by atoms with Gasteiger partial charge in [-0.1, -0.05) is 49.1 Å². The molecule has 0 aliphatic heterocycles. The third-order valence-corrected chi connectivity index (χ3v) is 4.45. The van der Waals surface area contributed by atoms with Gasteiger partial charge in [0.15, 0.2) is 0 Å². The smallest absolute Gasteiger partial charge is 0.0831 e. The zero-order valence-corrected chi connectivity index (χ0v) is 12.3. The van der Waals surface area contributed by atoms with Crippen molar-refractivity contribution in [3.63, 3.8) is 0 Å². The second-order valence-corrected chi connectivity index (χ2v) is 5.80. The lowest BCUT2D eigenvalue weighted by atomic mass is 9.90. The minimum atomic E-state index is 0.110. The molecule has 1 aliphatic carbocycles. The van der Waals surface area contributed by atoms with Gasteiger partial charge in [0.25, 0.3) is 0 Å². The van der Waals surface area contributed by atoms with E-state index in [1.54, 1.807) is 0 Å². The molecule has 21 heavy (non-hydrogen) atoms. The minimum absolute atomic E-state index is 0.110. The highest BCUT2D eigenvalue weighted by molar-refractivity contribution is 5.32. The van der Waals surface area contributed by atoms with Crippen LogP contribution in [0.4, 0.5) is 0 Å². The Hall–Kier alpha value is -1.72. The molecule has 112 valence electrons. The summed E-state index contributed by atoms with van der Waals surface area (Å²) < 4.78 is 1.90. The van der Waals surface area contributed by atoms with E-state index < -0.39 is 0 Å². The number of hydrazine groups is 1. The maximum atomic E-state index is 5.87. The molecule has 0 spiro atoms. The Kier molecular flexibility index (Phi) is 4.62. The molecule has 5 nitrogen and oxygen atoms in total. The molecule has 0 radical (unpaired) electrons. The van der Waals surface area contributed by atoms with E-state index in [2.05, 4.69) is 15.7 Å². The third-order valence-electron chi connectivity index (χ3n) is 4.45. The van der Waals surface area contributed by atoms with Gasteiger partial charge in [-0.15, -0.1) is 5.10 Å². The number of aromatic nitrogens is 3. The van der Waals surface area contributed by atoms with E-state index in [0.29, 0.717) is 5.92 Å². The Bertz CT molecular complexity index is 543. The van der Waals surface area contributed by atoms with Gasteiger partial charge in [-0.3, -0.25) is 11.3 Å². The molecule has 1 aromatic heterocycles. The highest BCUT2D eigenvalue weighted by Gasteiger charge is 2.26. The molecule has 2 aromatic rings. The van der Waals surface area contributed by atoms with Gasteiger partial charge in [-0.2, -0.15) is 0 Å². The highest BCUT2D eigenvalue weighted by Crippen LogP contribution is 2.33. The van der Waals surface area contributed by atoms with Crippen LogP contribution < -0.4 is 11.3 Å². The van der Waals surface area contributed by atoms with Gasteiger partial charge in [-0.25, -0.2) is 4.68 Å². The predicted octanol–water partition coefficient (Wildman–Crippen LogP) is 2.74. The van der Waals surface area contributed by atoms with E-state index >= 15 is 0 Å². The Labute approximate surface area is 125 Å². The fraction of sp³-hybridized carbons (Fsp3) is 0.500. The summed E-state index contributed by atoms with van der Waals surface area (Å²) in [5, 5.41) is 8.35. The SMILES string of the molecule is NNC(c1cnnn1-c1ccccc1)C1CCCCCC1. The number of para-hydroxylation sites is 1. The summed E-state index contributed by atoms with van der Waals surface area (Å²) >= 11 is 0. The molecule has 1 heterocycles. The van der Waals surface area contributed by atoms with Crippen molar-refractivity contribution < 1.29 is 0 Å². The van der Waals surface area contributed by atoms with Crippen LogP contribution in [0, 0.1) is 5.92 Å². The van der Waals surface area contributed by atoms with Gasteiger partial charge >= 0.3 is 0 Å². The minimum Gasteiger partial charge on any atom is -0.271 e. The van der Waals surface area contributed by atoms with Gasteiger partial charge < -0.3 is 0 Å². The van der Waals surface area contributed by atoms with Crippen LogP contribution in [-0.4, -0.2) is 15.0 Å². The highest BCUT2D eigenvalue weighted by atomic mass is 15.4. The Balaban J connectivity index is 1.89. The second kappa shape index (κ2) is 6.83. The van der Waals surface area contributed by atoms with Crippen LogP contribution in [0.15, 0.2) is 36.5 Å². The second-order valence-electron chi connectivity index (χ2n) is 5.80. The first kappa shape index (κ1) is 14.2. The van der Waals surface area contributed by atoms with Crippen molar-refractivity contribution in [1.82, 2.24) is 20.4 Å². The van der Waals surface area contributed by atoms with Crippen LogP contribution in [0.25, 0.3) is 5.69 Å². The largest absolute Gasteiger partial charge is 0.271 e. The van der Waals surface area contributed by atoms with Gasteiger partial charge in [0.1, 0.15) is 0 Å². The summed E-state index contributed by atoms with van der Waals surface area (Å²) in [5.74, 6) is 6.43. The van der Waals surface area contributed by atoms with Crippen LogP contribution in [0.3, 0.4) is 0 Å². The molecule has 3 rings (SSSR count).